The minimum atomic E-state index is -0.306. The second kappa shape index (κ2) is 9.09. The Hall–Kier alpha value is -2.56. The van der Waals surface area contributed by atoms with Crippen molar-refractivity contribution >= 4 is 34.9 Å². The Labute approximate surface area is 174 Å². The van der Waals surface area contributed by atoms with Crippen LogP contribution in [0.2, 0.25) is 10.0 Å². The molecule has 144 valence electrons. The van der Waals surface area contributed by atoms with E-state index in [4.69, 9.17) is 27.9 Å². The van der Waals surface area contributed by atoms with Crippen molar-refractivity contribution in [1.29, 1.82) is 0 Å². The molecule has 4 rings (SSSR count). The molecule has 28 heavy (non-hydrogen) atoms. The predicted octanol–water partition coefficient (Wildman–Crippen LogP) is 6.27. The Morgan fingerprint density at radius 1 is 1.07 bits per heavy atom. The molecule has 6 heteroatoms. The monoisotopic (exact) mass is 414 g/mol. The van der Waals surface area contributed by atoms with Crippen LogP contribution in [0.1, 0.15) is 29.8 Å². The molecule has 0 bridgehead atoms. The van der Waals surface area contributed by atoms with Gasteiger partial charge in [0.15, 0.2) is 0 Å². The smallest absolute Gasteiger partial charge is 0.258 e. The summed E-state index contributed by atoms with van der Waals surface area (Å²) in [5, 5.41) is 3.79. The van der Waals surface area contributed by atoms with Crippen molar-refractivity contribution in [2.24, 2.45) is 0 Å². The lowest BCUT2D eigenvalue weighted by molar-refractivity contribution is 0.102. The SMILES string of the molecule is CC.O=C(Nc1ccc(-c2cc3c(cc2Cl)CCO3)cn1)c1ccccc1Cl. The van der Waals surface area contributed by atoms with Crippen molar-refractivity contribution in [3.05, 3.63) is 75.9 Å². The van der Waals surface area contributed by atoms with E-state index in [1.165, 1.54) is 0 Å². The molecule has 4 nitrogen and oxygen atoms in total. The Bertz CT molecular complexity index is 988. The van der Waals surface area contributed by atoms with Crippen LogP contribution < -0.4 is 10.1 Å². The molecule has 1 aliphatic heterocycles. The lowest BCUT2D eigenvalue weighted by Crippen LogP contribution is -2.13. The van der Waals surface area contributed by atoms with Crippen LogP contribution >= 0.6 is 23.2 Å². The highest BCUT2D eigenvalue weighted by molar-refractivity contribution is 6.34. The number of hydrogen-bond acceptors (Lipinski definition) is 3. The third-order valence-electron chi connectivity index (χ3n) is 4.21. The van der Waals surface area contributed by atoms with Gasteiger partial charge >= 0.3 is 0 Å². The minimum absolute atomic E-state index is 0.306. The molecule has 0 aliphatic carbocycles. The number of benzene rings is 2. The van der Waals surface area contributed by atoms with E-state index in [2.05, 4.69) is 10.3 Å². The van der Waals surface area contributed by atoms with Gasteiger partial charge in [-0.2, -0.15) is 0 Å². The van der Waals surface area contributed by atoms with Crippen molar-refractivity contribution in [1.82, 2.24) is 4.98 Å². The molecule has 1 amide bonds. The summed E-state index contributed by atoms with van der Waals surface area (Å²) in [5.41, 5.74) is 3.22. The molecule has 1 N–H and O–H groups in total. The van der Waals surface area contributed by atoms with Crippen LogP contribution in [0, 0.1) is 0 Å². The van der Waals surface area contributed by atoms with E-state index in [0.717, 1.165) is 28.9 Å². The highest BCUT2D eigenvalue weighted by Crippen LogP contribution is 2.36. The standard InChI is InChI=1S/C20H14Cl2N2O2.C2H6/c21-16-4-2-1-3-14(16)20(25)24-19-6-5-13(11-23-19)15-10-18-12(7-8-26-18)9-17(15)22;1-2/h1-6,9-11H,7-8H2,(H,23,24,25);1-2H3. The molecule has 0 atom stereocenters. The summed E-state index contributed by atoms with van der Waals surface area (Å²) in [4.78, 5) is 16.6. The van der Waals surface area contributed by atoms with E-state index >= 15 is 0 Å². The zero-order chi connectivity index (χ0) is 20.1. The van der Waals surface area contributed by atoms with Crippen LogP contribution in [0.5, 0.6) is 5.75 Å². The normalized spacial score (nSPS) is 11.7. The Morgan fingerprint density at radius 2 is 1.86 bits per heavy atom. The second-order valence-corrected chi connectivity index (χ2v) is 6.72. The number of anilines is 1. The second-order valence-electron chi connectivity index (χ2n) is 5.90. The number of aromatic nitrogens is 1. The molecular weight excluding hydrogens is 395 g/mol. The molecule has 1 aromatic heterocycles. The van der Waals surface area contributed by atoms with Gasteiger partial charge in [-0.15, -0.1) is 0 Å². The van der Waals surface area contributed by atoms with Gasteiger partial charge in [0.1, 0.15) is 11.6 Å². The maximum Gasteiger partial charge on any atom is 0.258 e. The quantitative estimate of drug-likeness (QED) is 0.549. The Balaban J connectivity index is 0.00000109. The van der Waals surface area contributed by atoms with Gasteiger partial charge in [0.25, 0.3) is 5.91 Å². The average molecular weight is 415 g/mol. The molecule has 0 radical (unpaired) electrons. The summed E-state index contributed by atoms with van der Waals surface area (Å²) in [6.45, 7) is 4.68. The van der Waals surface area contributed by atoms with Gasteiger partial charge in [0.05, 0.1) is 17.2 Å². The molecule has 3 aromatic rings. The van der Waals surface area contributed by atoms with Crippen LogP contribution in [0.4, 0.5) is 5.82 Å². The number of pyridine rings is 1. The molecular formula is C22H20Cl2N2O2. The first-order chi connectivity index (χ1) is 13.6. The van der Waals surface area contributed by atoms with E-state index in [1.807, 2.05) is 32.0 Å². The fourth-order valence-corrected chi connectivity index (χ4v) is 3.39. The van der Waals surface area contributed by atoms with Gasteiger partial charge in [0.2, 0.25) is 0 Å². The zero-order valence-corrected chi connectivity index (χ0v) is 17.1. The number of carbonyl (C=O) groups is 1. The fourth-order valence-electron chi connectivity index (χ4n) is 2.87. The first-order valence-electron chi connectivity index (χ1n) is 9.09. The van der Waals surface area contributed by atoms with Gasteiger partial charge in [-0.05, 0) is 42.0 Å². The van der Waals surface area contributed by atoms with Crippen LogP contribution in [0.15, 0.2) is 54.7 Å². The summed E-state index contributed by atoms with van der Waals surface area (Å²) in [5.74, 6) is 0.993. The first-order valence-corrected chi connectivity index (χ1v) is 9.85. The van der Waals surface area contributed by atoms with Gasteiger partial charge in [-0.1, -0.05) is 49.2 Å². The van der Waals surface area contributed by atoms with Crippen molar-refractivity contribution in [2.75, 3.05) is 11.9 Å². The number of rotatable bonds is 3. The van der Waals surface area contributed by atoms with Gasteiger partial charge in [-0.25, -0.2) is 4.98 Å². The van der Waals surface area contributed by atoms with Crippen LogP contribution in [-0.4, -0.2) is 17.5 Å². The molecule has 0 saturated heterocycles. The van der Waals surface area contributed by atoms with Crippen LogP contribution in [-0.2, 0) is 6.42 Å². The largest absolute Gasteiger partial charge is 0.493 e. The number of ether oxygens (including phenoxy) is 1. The highest BCUT2D eigenvalue weighted by atomic mass is 35.5. The molecule has 2 aromatic carbocycles. The number of hydrogen-bond donors (Lipinski definition) is 1. The number of nitrogens with zero attached hydrogens (tertiary/aromatic N) is 1. The van der Waals surface area contributed by atoms with Crippen molar-refractivity contribution < 1.29 is 9.53 Å². The van der Waals surface area contributed by atoms with Crippen LogP contribution in [0.3, 0.4) is 0 Å². The van der Waals surface area contributed by atoms with Crippen molar-refractivity contribution in [2.45, 2.75) is 20.3 Å². The fraction of sp³-hybridized carbons (Fsp3) is 0.182. The highest BCUT2D eigenvalue weighted by Gasteiger charge is 2.16. The number of carbonyl (C=O) groups excluding carboxylic acids is 1. The van der Waals surface area contributed by atoms with Crippen molar-refractivity contribution in [3.63, 3.8) is 0 Å². The van der Waals surface area contributed by atoms with Crippen LogP contribution in [0.25, 0.3) is 11.1 Å². The summed E-state index contributed by atoms with van der Waals surface area (Å²) < 4.78 is 5.60. The lowest BCUT2D eigenvalue weighted by atomic mass is 10.0. The number of halogens is 2. The van der Waals surface area contributed by atoms with Gasteiger partial charge in [-0.3, -0.25) is 4.79 Å². The third-order valence-corrected chi connectivity index (χ3v) is 4.86. The molecule has 1 aliphatic rings. The first kappa shape index (κ1) is 20.2. The topological polar surface area (TPSA) is 51.2 Å². The summed E-state index contributed by atoms with van der Waals surface area (Å²) in [6.07, 6.45) is 2.55. The third kappa shape index (κ3) is 4.29. The van der Waals surface area contributed by atoms with Crippen molar-refractivity contribution in [3.8, 4) is 16.9 Å². The number of fused-ring (bicyclic) bond motifs is 1. The summed E-state index contributed by atoms with van der Waals surface area (Å²) >= 11 is 12.4. The number of amides is 1. The molecule has 0 spiro atoms. The molecule has 2 heterocycles. The van der Waals surface area contributed by atoms with E-state index in [1.54, 1.807) is 36.5 Å². The Morgan fingerprint density at radius 3 is 2.57 bits per heavy atom. The van der Waals surface area contributed by atoms with E-state index in [-0.39, 0.29) is 5.91 Å². The van der Waals surface area contributed by atoms with E-state index in [0.29, 0.717) is 28.0 Å². The molecule has 0 fully saturated rings. The molecule has 0 saturated carbocycles. The summed E-state index contributed by atoms with van der Waals surface area (Å²) in [7, 11) is 0. The predicted molar refractivity (Wildman–Crippen MR) is 115 cm³/mol. The van der Waals surface area contributed by atoms with E-state index in [9.17, 15) is 4.79 Å². The maximum atomic E-state index is 12.3. The van der Waals surface area contributed by atoms with Gasteiger partial charge in [0, 0.05) is 28.8 Å². The average Bonchev–Trinajstić information content (AvgIpc) is 3.17. The van der Waals surface area contributed by atoms with E-state index < -0.39 is 0 Å². The summed E-state index contributed by atoms with van der Waals surface area (Å²) in [6, 6.07) is 14.3. The zero-order valence-electron chi connectivity index (χ0n) is 15.6. The minimum Gasteiger partial charge on any atom is -0.493 e. The number of nitrogens with one attached hydrogen (secondary N) is 1. The van der Waals surface area contributed by atoms with Gasteiger partial charge < -0.3 is 10.1 Å². The maximum absolute atomic E-state index is 12.3. The Kier molecular flexibility index (Phi) is 6.55. The molecule has 0 unspecified atom stereocenters. The lowest BCUT2D eigenvalue weighted by Gasteiger charge is -2.09.